The van der Waals surface area contributed by atoms with Gasteiger partial charge in [0.15, 0.2) is 0 Å². The fraction of sp³-hybridized carbons (Fsp3) is 0.500. The molecule has 23 heavy (non-hydrogen) atoms. The number of hydrogen-bond donors (Lipinski definition) is 0. The average Bonchev–Trinajstić information content (AvgIpc) is 2.89. The van der Waals surface area contributed by atoms with E-state index in [1.807, 2.05) is 19.3 Å². The quantitative estimate of drug-likeness (QED) is 0.849. The van der Waals surface area contributed by atoms with Crippen LogP contribution in [0.15, 0.2) is 30.5 Å². The van der Waals surface area contributed by atoms with Gasteiger partial charge in [-0.3, -0.25) is 9.58 Å². The molecule has 1 fully saturated rings. The second-order valence-electron chi connectivity index (χ2n) is 6.36. The largest absolute Gasteiger partial charge is 0.384 e. The summed E-state index contributed by atoms with van der Waals surface area (Å²) in [5.41, 5.74) is 2.41. The number of hydrogen-bond acceptors (Lipinski definition) is 3. The zero-order chi connectivity index (χ0) is 16.2. The lowest BCUT2D eigenvalue weighted by Crippen LogP contribution is -2.36. The molecule has 1 unspecified atom stereocenters. The van der Waals surface area contributed by atoms with Crippen molar-refractivity contribution in [3.63, 3.8) is 0 Å². The molecule has 0 N–H and O–H groups in total. The zero-order valence-electron chi connectivity index (χ0n) is 13.8. The van der Waals surface area contributed by atoms with Gasteiger partial charge in [-0.05, 0) is 37.4 Å². The van der Waals surface area contributed by atoms with Gasteiger partial charge >= 0.3 is 0 Å². The maximum atomic E-state index is 14.1. The number of rotatable bonds is 5. The number of piperidine rings is 1. The lowest BCUT2D eigenvalue weighted by molar-refractivity contribution is 0.0874. The molecule has 5 heteroatoms. The first-order chi connectivity index (χ1) is 11.2. The first-order valence-corrected chi connectivity index (χ1v) is 8.16. The van der Waals surface area contributed by atoms with Crippen molar-refractivity contribution in [2.24, 2.45) is 13.0 Å². The van der Waals surface area contributed by atoms with E-state index in [4.69, 9.17) is 4.74 Å². The SMILES string of the molecule is COCC1CCCN(Cc2cn(C)nc2-c2ccccc2F)C1. The van der Waals surface area contributed by atoms with Crippen molar-refractivity contribution >= 4 is 0 Å². The molecule has 1 aromatic heterocycles. The normalized spacial score (nSPS) is 19.2. The van der Waals surface area contributed by atoms with Crippen LogP contribution in [0.1, 0.15) is 18.4 Å². The minimum Gasteiger partial charge on any atom is -0.384 e. The summed E-state index contributed by atoms with van der Waals surface area (Å²) in [6.07, 6.45) is 4.41. The molecule has 1 atom stereocenters. The summed E-state index contributed by atoms with van der Waals surface area (Å²) < 4.78 is 21.2. The van der Waals surface area contributed by atoms with Crippen molar-refractivity contribution in [1.82, 2.24) is 14.7 Å². The maximum absolute atomic E-state index is 14.1. The lowest BCUT2D eigenvalue weighted by atomic mass is 9.98. The van der Waals surface area contributed by atoms with Crippen LogP contribution in [0.4, 0.5) is 4.39 Å². The van der Waals surface area contributed by atoms with E-state index in [0.717, 1.165) is 37.5 Å². The Kier molecular flexibility index (Phi) is 5.08. The van der Waals surface area contributed by atoms with E-state index >= 15 is 0 Å². The van der Waals surface area contributed by atoms with E-state index < -0.39 is 0 Å². The molecule has 0 amide bonds. The van der Waals surface area contributed by atoms with Crippen LogP contribution in [-0.2, 0) is 18.3 Å². The molecule has 4 nitrogen and oxygen atoms in total. The first kappa shape index (κ1) is 16.1. The van der Waals surface area contributed by atoms with Crippen molar-refractivity contribution < 1.29 is 9.13 Å². The van der Waals surface area contributed by atoms with Gasteiger partial charge in [-0.1, -0.05) is 12.1 Å². The number of ether oxygens (including phenoxy) is 1. The average molecular weight is 317 g/mol. The van der Waals surface area contributed by atoms with Gasteiger partial charge in [-0.15, -0.1) is 0 Å². The Bertz CT molecular complexity index is 653. The maximum Gasteiger partial charge on any atom is 0.132 e. The van der Waals surface area contributed by atoms with Crippen LogP contribution in [0, 0.1) is 11.7 Å². The molecule has 0 saturated carbocycles. The van der Waals surface area contributed by atoms with E-state index in [9.17, 15) is 4.39 Å². The molecule has 1 saturated heterocycles. The minimum absolute atomic E-state index is 0.219. The second-order valence-corrected chi connectivity index (χ2v) is 6.36. The van der Waals surface area contributed by atoms with Gasteiger partial charge in [0.2, 0.25) is 0 Å². The summed E-state index contributed by atoms with van der Waals surface area (Å²) in [7, 11) is 3.65. The molecule has 1 aromatic carbocycles. The second kappa shape index (κ2) is 7.23. The van der Waals surface area contributed by atoms with E-state index in [-0.39, 0.29) is 5.82 Å². The number of methoxy groups -OCH3 is 1. The van der Waals surface area contributed by atoms with Crippen LogP contribution in [0.25, 0.3) is 11.3 Å². The summed E-state index contributed by atoms with van der Waals surface area (Å²) in [4.78, 5) is 2.43. The van der Waals surface area contributed by atoms with Gasteiger partial charge in [0.05, 0.1) is 12.3 Å². The third-order valence-corrected chi connectivity index (χ3v) is 4.43. The Morgan fingerprint density at radius 2 is 2.17 bits per heavy atom. The Balaban J connectivity index is 1.80. The van der Waals surface area contributed by atoms with Crippen molar-refractivity contribution in [3.8, 4) is 11.3 Å². The van der Waals surface area contributed by atoms with Gasteiger partial charge in [0.25, 0.3) is 0 Å². The molecule has 0 radical (unpaired) electrons. The van der Waals surface area contributed by atoms with E-state index in [0.29, 0.717) is 11.5 Å². The molecule has 0 aliphatic carbocycles. The zero-order valence-corrected chi connectivity index (χ0v) is 13.8. The van der Waals surface area contributed by atoms with Gasteiger partial charge < -0.3 is 4.74 Å². The van der Waals surface area contributed by atoms with Gasteiger partial charge in [0, 0.05) is 44.6 Å². The van der Waals surface area contributed by atoms with Crippen LogP contribution in [0.3, 0.4) is 0 Å². The highest BCUT2D eigenvalue weighted by molar-refractivity contribution is 5.63. The number of halogens is 1. The van der Waals surface area contributed by atoms with E-state index in [1.54, 1.807) is 23.9 Å². The topological polar surface area (TPSA) is 30.3 Å². The fourth-order valence-electron chi connectivity index (χ4n) is 3.44. The highest BCUT2D eigenvalue weighted by atomic mass is 19.1. The van der Waals surface area contributed by atoms with Crippen molar-refractivity contribution in [2.45, 2.75) is 19.4 Å². The standard InChI is InChI=1S/C18H24FN3O/c1-21-11-15(12-22-9-5-6-14(10-22)13-23-2)18(20-21)16-7-3-4-8-17(16)19/h3-4,7-8,11,14H,5-6,9-10,12-13H2,1-2H3. The molecular formula is C18H24FN3O. The Morgan fingerprint density at radius 3 is 2.96 bits per heavy atom. The number of aromatic nitrogens is 2. The molecule has 0 spiro atoms. The summed E-state index contributed by atoms with van der Waals surface area (Å²) in [6.45, 7) is 3.71. The van der Waals surface area contributed by atoms with Crippen molar-refractivity contribution in [3.05, 3.63) is 41.8 Å². The summed E-state index contributed by atoms with van der Waals surface area (Å²) >= 11 is 0. The summed E-state index contributed by atoms with van der Waals surface area (Å²) in [5, 5.41) is 4.49. The van der Waals surface area contributed by atoms with Crippen LogP contribution in [0.5, 0.6) is 0 Å². The predicted octanol–water partition coefficient (Wildman–Crippen LogP) is 3.08. The third-order valence-electron chi connectivity index (χ3n) is 4.43. The molecule has 0 bridgehead atoms. The van der Waals surface area contributed by atoms with Crippen LogP contribution in [-0.4, -0.2) is 41.5 Å². The Hall–Kier alpha value is -1.72. The van der Waals surface area contributed by atoms with Crippen molar-refractivity contribution in [1.29, 1.82) is 0 Å². The highest BCUT2D eigenvalue weighted by Crippen LogP contribution is 2.27. The smallest absolute Gasteiger partial charge is 0.132 e. The lowest BCUT2D eigenvalue weighted by Gasteiger charge is -2.32. The van der Waals surface area contributed by atoms with Gasteiger partial charge in [0.1, 0.15) is 5.82 Å². The molecule has 3 rings (SSSR count). The molecule has 2 heterocycles. The van der Waals surface area contributed by atoms with Crippen LogP contribution >= 0.6 is 0 Å². The fourth-order valence-corrected chi connectivity index (χ4v) is 3.44. The Morgan fingerprint density at radius 1 is 1.35 bits per heavy atom. The number of likely N-dealkylation sites (tertiary alicyclic amines) is 1. The third kappa shape index (κ3) is 3.79. The molecular weight excluding hydrogens is 293 g/mol. The van der Waals surface area contributed by atoms with Crippen LogP contribution in [0.2, 0.25) is 0 Å². The monoisotopic (exact) mass is 317 g/mol. The number of nitrogens with zero attached hydrogens (tertiary/aromatic N) is 3. The minimum atomic E-state index is -0.219. The van der Waals surface area contributed by atoms with Crippen molar-refractivity contribution in [2.75, 3.05) is 26.8 Å². The van der Waals surface area contributed by atoms with E-state index in [1.165, 1.54) is 18.9 Å². The van der Waals surface area contributed by atoms with Gasteiger partial charge in [-0.25, -0.2) is 4.39 Å². The van der Waals surface area contributed by atoms with E-state index in [2.05, 4.69) is 10.00 Å². The highest BCUT2D eigenvalue weighted by Gasteiger charge is 2.22. The molecule has 1 aliphatic heterocycles. The Labute approximate surface area is 136 Å². The molecule has 2 aromatic rings. The number of aryl methyl sites for hydroxylation is 1. The molecule has 1 aliphatic rings. The summed E-state index contributed by atoms with van der Waals surface area (Å²) in [6, 6.07) is 6.85. The summed E-state index contributed by atoms with van der Waals surface area (Å²) in [5.74, 6) is 0.366. The first-order valence-electron chi connectivity index (χ1n) is 8.16. The number of benzene rings is 1. The van der Waals surface area contributed by atoms with Gasteiger partial charge in [-0.2, -0.15) is 5.10 Å². The predicted molar refractivity (Wildman–Crippen MR) is 88.5 cm³/mol. The van der Waals surface area contributed by atoms with Crippen LogP contribution < -0.4 is 0 Å². The molecule has 124 valence electrons.